The summed E-state index contributed by atoms with van der Waals surface area (Å²) in [6.07, 6.45) is 9.37. The van der Waals surface area contributed by atoms with E-state index in [2.05, 4.69) is 9.97 Å². The van der Waals surface area contributed by atoms with Crippen LogP contribution in [0.2, 0.25) is 5.15 Å². The molecule has 0 amide bonds. The van der Waals surface area contributed by atoms with Crippen molar-refractivity contribution in [3.05, 3.63) is 46.9 Å². The van der Waals surface area contributed by atoms with Crippen LogP contribution in [-0.2, 0) is 11.2 Å². The third-order valence-electron chi connectivity index (χ3n) is 4.55. The second kappa shape index (κ2) is 7.75. The molecule has 5 heteroatoms. The number of hydrogen-bond acceptors (Lipinski definition) is 4. The van der Waals surface area contributed by atoms with Crippen LogP contribution in [0.3, 0.4) is 0 Å². The Hall–Kier alpha value is -1.94. The summed E-state index contributed by atoms with van der Waals surface area (Å²) < 4.78 is 4.77. The van der Waals surface area contributed by atoms with Gasteiger partial charge in [0.2, 0.25) is 0 Å². The van der Waals surface area contributed by atoms with Gasteiger partial charge < -0.3 is 4.74 Å². The van der Waals surface area contributed by atoms with Crippen LogP contribution >= 0.6 is 11.6 Å². The molecule has 0 N–H and O–H groups in total. The minimum atomic E-state index is -0.419. The maximum Gasteiger partial charge on any atom is 0.338 e. The van der Waals surface area contributed by atoms with E-state index in [9.17, 15) is 4.79 Å². The van der Waals surface area contributed by atoms with Gasteiger partial charge in [-0.1, -0.05) is 43.7 Å². The highest BCUT2D eigenvalue weighted by Crippen LogP contribution is 2.28. The predicted molar refractivity (Wildman–Crippen MR) is 94.1 cm³/mol. The van der Waals surface area contributed by atoms with Gasteiger partial charge in [-0.05, 0) is 36.6 Å². The molecular formula is C19H21ClN2O2. The predicted octanol–water partition coefficient (Wildman–Crippen LogP) is 4.71. The lowest BCUT2D eigenvalue weighted by Crippen LogP contribution is -2.10. The minimum Gasteiger partial charge on any atom is -0.465 e. The molecule has 1 fully saturated rings. The summed E-state index contributed by atoms with van der Waals surface area (Å²) in [4.78, 5) is 20.6. The van der Waals surface area contributed by atoms with E-state index in [0.717, 1.165) is 23.6 Å². The quantitative estimate of drug-likeness (QED) is 0.595. The Morgan fingerprint density at radius 1 is 1.25 bits per heavy atom. The molecule has 0 atom stereocenters. The molecule has 3 rings (SSSR count). The van der Waals surface area contributed by atoms with Crippen LogP contribution < -0.4 is 0 Å². The Balaban J connectivity index is 1.85. The van der Waals surface area contributed by atoms with E-state index in [1.165, 1.54) is 45.3 Å². The number of carbonyl (C=O) groups excluding carboxylic acids is 1. The van der Waals surface area contributed by atoms with Gasteiger partial charge in [-0.2, -0.15) is 0 Å². The molecular weight excluding hydrogens is 324 g/mol. The molecule has 4 nitrogen and oxygen atoms in total. The van der Waals surface area contributed by atoms with Crippen molar-refractivity contribution in [2.75, 3.05) is 7.11 Å². The number of rotatable bonds is 4. The fourth-order valence-electron chi connectivity index (χ4n) is 3.32. The monoisotopic (exact) mass is 344 g/mol. The van der Waals surface area contributed by atoms with Gasteiger partial charge in [0, 0.05) is 17.5 Å². The molecule has 2 aromatic rings. The molecule has 2 heterocycles. The highest BCUT2D eigenvalue weighted by atomic mass is 35.5. The van der Waals surface area contributed by atoms with Gasteiger partial charge in [-0.15, -0.1) is 0 Å². The van der Waals surface area contributed by atoms with E-state index >= 15 is 0 Å². The number of halogens is 1. The molecule has 2 aromatic heterocycles. The lowest BCUT2D eigenvalue weighted by atomic mass is 9.86. The van der Waals surface area contributed by atoms with Crippen LogP contribution in [0, 0.1) is 5.92 Å². The van der Waals surface area contributed by atoms with Crippen molar-refractivity contribution < 1.29 is 9.53 Å². The first-order valence-electron chi connectivity index (χ1n) is 8.37. The van der Waals surface area contributed by atoms with Crippen molar-refractivity contribution in [1.82, 2.24) is 9.97 Å². The Kier molecular flexibility index (Phi) is 5.46. The van der Waals surface area contributed by atoms with Gasteiger partial charge in [-0.3, -0.25) is 4.98 Å². The number of ether oxygens (including phenoxy) is 1. The zero-order chi connectivity index (χ0) is 16.9. The topological polar surface area (TPSA) is 52.1 Å². The third-order valence-corrected chi connectivity index (χ3v) is 4.74. The van der Waals surface area contributed by atoms with Gasteiger partial charge in [0.1, 0.15) is 5.15 Å². The van der Waals surface area contributed by atoms with Crippen LogP contribution in [0.5, 0.6) is 0 Å². The van der Waals surface area contributed by atoms with Crippen molar-refractivity contribution in [3.8, 4) is 11.3 Å². The lowest BCUT2D eigenvalue weighted by molar-refractivity contribution is 0.0600. The van der Waals surface area contributed by atoms with Crippen molar-refractivity contribution in [1.29, 1.82) is 0 Å². The first kappa shape index (κ1) is 16.9. The van der Waals surface area contributed by atoms with E-state index in [4.69, 9.17) is 16.3 Å². The van der Waals surface area contributed by atoms with Crippen LogP contribution in [0.4, 0.5) is 0 Å². The zero-order valence-corrected chi connectivity index (χ0v) is 14.6. The average Bonchev–Trinajstić information content (AvgIpc) is 2.61. The number of methoxy groups -OCH3 is 1. The second-order valence-electron chi connectivity index (χ2n) is 6.30. The standard InChI is InChI=1S/C19H21ClN2O2/c1-24-19(23)15-11-17(22-18(20)12-15)14-7-8-21-16(10-14)9-13-5-3-2-4-6-13/h7-8,10-13H,2-6,9H2,1H3. The maximum absolute atomic E-state index is 11.8. The molecule has 1 saturated carbocycles. The van der Waals surface area contributed by atoms with Crippen molar-refractivity contribution in [2.24, 2.45) is 5.92 Å². The molecule has 0 aromatic carbocycles. The Bertz CT molecular complexity index is 727. The van der Waals surface area contributed by atoms with Crippen LogP contribution in [0.25, 0.3) is 11.3 Å². The largest absolute Gasteiger partial charge is 0.465 e. The van der Waals surface area contributed by atoms with Gasteiger partial charge in [0.25, 0.3) is 0 Å². The highest BCUT2D eigenvalue weighted by Gasteiger charge is 2.16. The first-order chi connectivity index (χ1) is 11.7. The third kappa shape index (κ3) is 4.12. The molecule has 1 aliphatic carbocycles. The summed E-state index contributed by atoms with van der Waals surface area (Å²) in [5.74, 6) is 0.302. The van der Waals surface area contributed by atoms with E-state index in [-0.39, 0.29) is 5.15 Å². The molecule has 0 aliphatic heterocycles. The Morgan fingerprint density at radius 2 is 2.04 bits per heavy atom. The van der Waals surface area contributed by atoms with Crippen molar-refractivity contribution in [2.45, 2.75) is 38.5 Å². The first-order valence-corrected chi connectivity index (χ1v) is 8.74. The van der Waals surface area contributed by atoms with Gasteiger partial charge in [0.15, 0.2) is 0 Å². The Morgan fingerprint density at radius 3 is 2.79 bits per heavy atom. The van der Waals surface area contributed by atoms with Gasteiger partial charge >= 0.3 is 5.97 Å². The summed E-state index contributed by atoms with van der Waals surface area (Å²) >= 11 is 6.06. The number of nitrogens with zero attached hydrogens (tertiary/aromatic N) is 2. The van der Waals surface area contributed by atoms with Crippen molar-refractivity contribution >= 4 is 17.6 Å². The summed E-state index contributed by atoms with van der Waals surface area (Å²) in [7, 11) is 1.35. The smallest absolute Gasteiger partial charge is 0.338 e. The zero-order valence-electron chi connectivity index (χ0n) is 13.8. The van der Waals surface area contributed by atoms with Crippen LogP contribution in [0.15, 0.2) is 30.5 Å². The molecule has 1 aliphatic rings. The van der Waals surface area contributed by atoms with Gasteiger partial charge in [-0.25, -0.2) is 9.78 Å². The summed E-state index contributed by atoms with van der Waals surface area (Å²) in [6, 6.07) is 7.16. The minimum absolute atomic E-state index is 0.276. The van der Waals surface area contributed by atoms with E-state index in [0.29, 0.717) is 11.3 Å². The molecule has 0 spiro atoms. The molecule has 0 saturated heterocycles. The number of aromatic nitrogens is 2. The average molecular weight is 345 g/mol. The van der Waals surface area contributed by atoms with E-state index in [1.807, 2.05) is 12.1 Å². The maximum atomic E-state index is 11.8. The number of carbonyl (C=O) groups is 1. The fourth-order valence-corrected chi connectivity index (χ4v) is 3.53. The van der Waals surface area contributed by atoms with Crippen molar-refractivity contribution in [3.63, 3.8) is 0 Å². The van der Waals surface area contributed by atoms with E-state index < -0.39 is 5.97 Å². The number of esters is 1. The molecule has 0 radical (unpaired) electrons. The second-order valence-corrected chi connectivity index (χ2v) is 6.69. The normalized spacial score (nSPS) is 15.2. The SMILES string of the molecule is COC(=O)c1cc(Cl)nc(-c2ccnc(CC3CCCCC3)c2)c1. The fraction of sp³-hybridized carbons (Fsp3) is 0.421. The molecule has 24 heavy (non-hydrogen) atoms. The summed E-state index contributed by atoms with van der Waals surface area (Å²) in [6.45, 7) is 0. The number of pyridine rings is 2. The van der Waals surface area contributed by atoms with Crippen LogP contribution in [-0.4, -0.2) is 23.0 Å². The molecule has 126 valence electrons. The van der Waals surface area contributed by atoms with Gasteiger partial charge in [0.05, 0.1) is 18.4 Å². The highest BCUT2D eigenvalue weighted by molar-refractivity contribution is 6.29. The number of hydrogen-bond donors (Lipinski definition) is 0. The lowest BCUT2D eigenvalue weighted by Gasteiger charge is -2.21. The van der Waals surface area contributed by atoms with E-state index in [1.54, 1.807) is 12.3 Å². The van der Waals surface area contributed by atoms with Crippen LogP contribution in [0.1, 0.15) is 48.2 Å². The molecule has 0 bridgehead atoms. The Labute approximate surface area is 147 Å². The summed E-state index contributed by atoms with van der Waals surface area (Å²) in [5, 5.41) is 0.276. The summed E-state index contributed by atoms with van der Waals surface area (Å²) in [5.41, 5.74) is 3.05. The molecule has 0 unspecified atom stereocenters.